The molecule has 0 aliphatic carbocycles. The van der Waals surface area contributed by atoms with Gasteiger partial charge >= 0.3 is 0 Å². The third-order valence-corrected chi connectivity index (χ3v) is 4.54. The molecule has 0 saturated heterocycles. The summed E-state index contributed by atoms with van der Waals surface area (Å²) in [5, 5.41) is 3.87. The first-order chi connectivity index (χ1) is 9.64. The highest BCUT2D eigenvalue weighted by molar-refractivity contribution is 6.76. The highest BCUT2D eigenvalue weighted by Crippen LogP contribution is 2.29. The van der Waals surface area contributed by atoms with E-state index in [-0.39, 0.29) is 0 Å². The lowest BCUT2D eigenvalue weighted by molar-refractivity contribution is -0.120. The number of nitrogens with zero attached hydrogens (tertiary/aromatic N) is 1. The van der Waals surface area contributed by atoms with Crippen LogP contribution in [0.4, 0.5) is 0 Å². The van der Waals surface area contributed by atoms with Crippen LogP contribution in [0.15, 0.2) is 12.1 Å². The number of aromatic nitrogens is 1. The number of alkyl halides is 3. The Bertz CT molecular complexity index is 714. The monoisotopic (exact) mass is 346 g/mol. The van der Waals surface area contributed by atoms with E-state index in [4.69, 9.17) is 34.8 Å². The van der Waals surface area contributed by atoms with Crippen LogP contribution < -0.4 is 5.32 Å². The SMILES string of the molecule is Cc1c(C)n(C)c2c(C)c(CNC(=O)C(Cl)(Cl)Cl)ccc12. The van der Waals surface area contributed by atoms with Gasteiger partial charge in [-0.05, 0) is 37.5 Å². The number of carbonyl (C=O) groups excluding carboxylic acids is 1. The largest absolute Gasteiger partial charge is 0.348 e. The van der Waals surface area contributed by atoms with Crippen molar-refractivity contribution in [2.24, 2.45) is 7.05 Å². The molecule has 0 fully saturated rings. The zero-order chi connectivity index (χ0) is 15.9. The fourth-order valence-corrected chi connectivity index (χ4v) is 2.76. The molecule has 0 radical (unpaired) electrons. The average molecular weight is 348 g/mol. The first kappa shape index (κ1) is 16.5. The van der Waals surface area contributed by atoms with Crippen LogP contribution in [0.25, 0.3) is 10.9 Å². The van der Waals surface area contributed by atoms with Gasteiger partial charge in [0.2, 0.25) is 0 Å². The summed E-state index contributed by atoms with van der Waals surface area (Å²) in [5.74, 6) is -0.619. The van der Waals surface area contributed by atoms with Crippen LogP contribution in [0.5, 0.6) is 0 Å². The van der Waals surface area contributed by atoms with Crippen LogP contribution >= 0.6 is 34.8 Å². The van der Waals surface area contributed by atoms with Crippen molar-refractivity contribution in [1.82, 2.24) is 9.88 Å². The van der Waals surface area contributed by atoms with Gasteiger partial charge in [-0.3, -0.25) is 4.79 Å². The fraction of sp³-hybridized carbons (Fsp3) is 0.400. The van der Waals surface area contributed by atoms with E-state index in [0.29, 0.717) is 6.54 Å². The molecule has 21 heavy (non-hydrogen) atoms. The molecular weight excluding hydrogens is 331 g/mol. The molecule has 1 aromatic carbocycles. The lowest BCUT2D eigenvalue weighted by atomic mass is 10.0. The topological polar surface area (TPSA) is 34.0 Å². The van der Waals surface area contributed by atoms with Crippen LogP contribution in [0, 0.1) is 20.8 Å². The standard InChI is InChI=1S/C15H17Cl3N2O/c1-8-10(3)20(4)13-9(2)11(5-6-12(8)13)7-19-14(21)15(16,17)18/h5-6H,7H2,1-4H3,(H,19,21). The first-order valence-electron chi connectivity index (χ1n) is 6.53. The number of rotatable bonds is 2. The Labute approximate surface area is 139 Å². The number of halogens is 3. The molecule has 3 nitrogen and oxygen atoms in total. The van der Waals surface area contributed by atoms with Crippen LogP contribution in [0.2, 0.25) is 0 Å². The van der Waals surface area contributed by atoms with Crippen molar-refractivity contribution in [3.05, 3.63) is 34.5 Å². The minimum Gasteiger partial charge on any atom is -0.348 e. The maximum Gasteiger partial charge on any atom is 0.272 e. The van der Waals surface area contributed by atoms with Crippen molar-refractivity contribution in [3.63, 3.8) is 0 Å². The molecule has 0 bridgehead atoms. The second kappa shape index (κ2) is 5.71. The summed E-state index contributed by atoms with van der Waals surface area (Å²) < 4.78 is 0.233. The second-order valence-electron chi connectivity index (χ2n) is 5.20. The number of benzene rings is 1. The van der Waals surface area contributed by atoms with E-state index in [9.17, 15) is 4.79 Å². The molecule has 6 heteroatoms. The average Bonchev–Trinajstić information content (AvgIpc) is 2.62. The Morgan fingerprint density at radius 2 is 1.81 bits per heavy atom. The summed E-state index contributed by atoms with van der Waals surface area (Å²) in [6.07, 6.45) is 0. The summed E-state index contributed by atoms with van der Waals surface area (Å²) in [6.45, 7) is 6.58. The minimum absolute atomic E-state index is 0.331. The van der Waals surface area contributed by atoms with Gasteiger partial charge in [0, 0.05) is 24.7 Å². The van der Waals surface area contributed by atoms with Crippen LogP contribution in [0.3, 0.4) is 0 Å². The summed E-state index contributed by atoms with van der Waals surface area (Å²) in [7, 11) is 2.04. The molecule has 0 saturated carbocycles. The Morgan fingerprint density at radius 3 is 2.38 bits per heavy atom. The number of hydrogen-bond acceptors (Lipinski definition) is 1. The van der Waals surface area contributed by atoms with E-state index >= 15 is 0 Å². The summed E-state index contributed by atoms with van der Waals surface area (Å²) in [4.78, 5) is 11.6. The quantitative estimate of drug-likeness (QED) is 0.816. The minimum atomic E-state index is -1.93. The van der Waals surface area contributed by atoms with E-state index in [2.05, 4.69) is 29.8 Å². The van der Waals surface area contributed by atoms with Crippen LogP contribution in [0.1, 0.15) is 22.4 Å². The second-order valence-corrected chi connectivity index (χ2v) is 7.48. The molecule has 114 valence electrons. The van der Waals surface area contributed by atoms with E-state index < -0.39 is 9.70 Å². The summed E-state index contributed by atoms with van der Waals surface area (Å²) >= 11 is 16.6. The van der Waals surface area contributed by atoms with Gasteiger partial charge in [-0.2, -0.15) is 0 Å². The van der Waals surface area contributed by atoms with Gasteiger partial charge in [0.25, 0.3) is 9.70 Å². The fourth-order valence-electron chi connectivity index (χ4n) is 2.56. The van der Waals surface area contributed by atoms with Gasteiger partial charge < -0.3 is 9.88 Å². The number of nitrogens with one attached hydrogen (secondary N) is 1. The molecule has 1 amide bonds. The Morgan fingerprint density at radius 1 is 1.19 bits per heavy atom. The molecule has 0 aliphatic heterocycles. The number of hydrogen-bond donors (Lipinski definition) is 1. The Balaban J connectivity index is 2.37. The van der Waals surface area contributed by atoms with Gasteiger partial charge in [-0.25, -0.2) is 0 Å². The zero-order valence-corrected chi connectivity index (χ0v) is 14.6. The van der Waals surface area contributed by atoms with Gasteiger partial charge in [-0.1, -0.05) is 46.9 Å². The first-order valence-corrected chi connectivity index (χ1v) is 7.67. The van der Waals surface area contributed by atoms with Gasteiger partial charge in [-0.15, -0.1) is 0 Å². The van der Waals surface area contributed by atoms with E-state index in [0.717, 1.165) is 11.1 Å². The smallest absolute Gasteiger partial charge is 0.272 e. The zero-order valence-electron chi connectivity index (χ0n) is 12.4. The molecular formula is C15H17Cl3N2O. The molecule has 0 atom stereocenters. The van der Waals surface area contributed by atoms with Crippen molar-refractivity contribution in [2.75, 3.05) is 0 Å². The van der Waals surface area contributed by atoms with Crippen LogP contribution in [-0.4, -0.2) is 14.3 Å². The molecule has 1 heterocycles. The number of fused-ring (bicyclic) bond motifs is 1. The van der Waals surface area contributed by atoms with Crippen molar-refractivity contribution in [2.45, 2.75) is 31.1 Å². The predicted octanol–water partition coefficient (Wildman–Crippen LogP) is 4.09. The van der Waals surface area contributed by atoms with E-state index in [1.807, 2.05) is 20.0 Å². The predicted molar refractivity (Wildman–Crippen MR) is 89.3 cm³/mol. The lowest BCUT2D eigenvalue weighted by Gasteiger charge is -2.14. The molecule has 1 N–H and O–H groups in total. The molecule has 0 aliphatic rings. The van der Waals surface area contributed by atoms with Crippen molar-refractivity contribution >= 4 is 51.6 Å². The van der Waals surface area contributed by atoms with Crippen molar-refractivity contribution in [1.29, 1.82) is 0 Å². The number of carbonyl (C=O) groups is 1. The normalized spacial score (nSPS) is 12.0. The third-order valence-electron chi connectivity index (χ3n) is 4.03. The van der Waals surface area contributed by atoms with Gasteiger partial charge in [0.1, 0.15) is 0 Å². The molecule has 0 spiro atoms. The maximum absolute atomic E-state index is 11.6. The molecule has 0 unspecified atom stereocenters. The van der Waals surface area contributed by atoms with Crippen LogP contribution in [-0.2, 0) is 18.4 Å². The number of amides is 1. The molecule has 1 aromatic heterocycles. The van der Waals surface area contributed by atoms with Gasteiger partial charge in [0.15, 0.2) is 0 Å². The Kier molecular flexibility index (Phi) is 4.48. The van der Waals surface area contributed by atoms with Gasteiger partial charge in [0.05, 0.1) is 5.52 Å². The highest BCUT2D eigenvalue weighted by Gasteiger charge is 2.30. The highest BCUT2D eigenvalue weighted by atomic mass is 35.6. The lowest BCUT2D eigenvalue weighted by Crippen LogP contribution is -2.34. The molecule has 2 rings (SSSR count). The van der Waals surface area contributed by atoms with E-state index in [1.165, 1.54) is 22.2 Å². The summed E-state index contributed by atoms with van der Waals surface area (Å²) in [5.41, 5.74) is 5.80. The Hall–Kier alpha value is -0.900. The molecule has 2 aromatic rings. The van der Waals surface area contributed by atoms with Crippen molar-refractivity contribution in [3.8, 4) is 0 Å². The van der Waals surface area contributed by atoms with E-state index in [1.54, 1.807) is 0 Å². The third kappa shape index (κ3) is 3.01. The summed E-state index contributed by atoms with van der Waals surface area (Å²) in [6, 6.07) is 4.07. The number of aryl methyl sites for hydroxylation is 3. The van der Waals surface area contributed by atoms with Crippen molar-refractivity contribution < 1.29 is 4.79 Å². The maximum atomic E-state index is 11.6.